The Morgan fingerprint density at radius 1 is 1.56 bits per heavy atom. The van der Waals surface area contributed by atoms with Gasteiger partial charge in [0.05, 0.1) is 0 Å². The molecular weight excluding hydrogens is 251 g/mol. The second kappa shape index (κ2) is 7.26. The summed E-state index contributed by atoms with van der Waals surface area (Å²) in [6, 6.07) is 5.84. The number of nitrogens with zero attached hydrogens (tertiary/aromatic N) is 1. The number of amides is 2. The minimum Gasteiger partial charge on any atom is -0.325 e. The lowest BCUT2D eigenvalue weighted by molar-refractivity contribution is 0.207. The first-order valence-electron chi connectivity index (χ1n) is 5.83. The number of urea groups is 1. The van der Waals surface area contributed by atoms with Crippen molar-refractivity contribution in [3.05, 3.63) is 30.1 Å². The number of hydrogen-bond acceptors (Lipinski definition) is 2. The monoisotopic (exact) mass is 270 g/mol. The number of halogens is 1. The lowest BCUT2D eigenvalue weighted by Gasteiger charge is -2.25. The van der Waals surface area contributed by atoms with Crippen molar-refractivity contribution < 1.29 is 9.18 Å². The van der Waals surface area contributed by atoms with Crippen LogP contribution in [0.2, 0.25) is 0 Å². The predicted molar refractivity (Wildman–Crippen MR) is 75.6 cm³/mol. The van der Waals surface area contributed by atoms with Crippen molar-refractivity contribution in [3.8, 4) is 0 Å². The molecule has 0 aromatic heterocycles. The standard InChI is InChI=1S/C13H19FN2OS/c1-10(7-8-18-3)16(2)13(17)15-12-6-4-5-11(14)9-12/h4-6,9-10H,7-8H2,1-3H3,(H,15,17). The van der Waals surface area contributed by atoms with E-state index in [1.165, 1.54) is 12.1 Å². The summed E-state index contributed by atoms with van der Waals surface area (Å²) in [5.41, 5.74) is 0.476. The fraction of sp³-hybridized carbons (Fsp3) is 0.462. The molecule has 1 N–H and O–H groups in total. The van der Waals surface area contributed by atoms with Gasteiger partial charge in [0, 0.05) is 18.8 Å². The SMILES string of the molecule is CSCCC(C)N(C)C(=O)Nc1cccc(F)c1. The summed E-state index contributed by atoms with van der Waals surface area (Å²) in [5.74, 6) is 0.657. The molecule has 1 aromatic rings. The summed E-state index contributed by atoms with van der Waals surface area (Å²) >= 11 is 1.76. The molecule has 1 unspecified atom stereocenters. The zero-order valence-corrected chi connectivity index (χ0v) is 11.8. The fourth-order valence-corrected chi connectivity index (χ4v) is 2.04. The third kappa shape index (κ3) is 4.56. The first-order chi connectivity index (χ1) is 8.54. The minimum atomic E-state index is -0.356. The number of rotatable bonds is 5. The molecule has 3 nitrogen and oxygen atoms in total. The maximum Gasteiger partial charge on any atom is 0.321 e. The molecule has 2 amide bonds. The van der Waals surface area contributed by atoms with Gasteiger partial charge in [-0.2, -0.15) is 11.8 Å². The van der Waals surface area contributed by atoms with E-state index in [1.807, 2.05) is 13.2 Å². The normalized spacial score (nSPS) is 12.0. The lowest BCUT2D eigenvalue weighted by atomic mass is 10.2. The molecule has 1 rings (SSSR count). The highest BCUT2D eigenvalue weighted by atomic mass is 32.2. The smallest absolute Gasteiger partial charge is 0.321 e. The minimum absolute atomic E-state index is 0.158. The fourth-order valence-electron chi connectivity index (χ4n) is 1.46. The molecule has 0 bridgehead atoms. The maximum absolute atomic E-state index is 13.0. The van der Waals surface area contributed by atoms with Crippen LogP contribution in [0.4, 0.5) is 14.9 Å². The summed E-state index contributed by atoms with van der Waals surface area (Å²) in [7, 11) is 1.75. The Kier molecular flexibility index (Phi) is 5.98. The molecule has 0 saturated heterocycles. The molecule has 5 heteroatoms. The van der Waals surface area contributed by atoms with Crippen LogP contribution in [-0.4, -0.2) is 36.0 Å². The van der Waals surface area contributed by atoms with Crippen LogP contribution < -0.4 is 5.32 Å². The highest BCUT2D eigenvalue weighted by Gasteiger charge is 2.15. The molecule has 0 radical (unpaired) electrons. The second-order valence-corrected chi connectivity index (χ2v) is 5.17. The highest BCUT2D eigenvalue weighted by Crippen LogP contribution is 2.12. The van der Waals surface area contributed by atoms with E-state index >= 15 is 0 Å². The summed E-state index contributed by atoms with van der Waals surface area (Å²) in [6.07, 6.45) is 2.98. The van der Waals surface area contributed by atoms with E-state index in [2.05, 4.69) is 5.32 Å². The van der Waals surface area contributed by atoms with Crippen LogP contribution in [0.1, 0.15) is 13.3 Å². The Bertz CT molecular complexity index is 400. The van der Waals surface area contributed by atoms with Gasteiger partial charge in [0.25, 0.3) is 0 Å². The molecule has 0 heterocycles. The second-order valence-electron chi connectivity index (χ2n) is 4.18. The van der Waals surface area contributed by atoms with Gasteiger partial charge in [-0.1, -0.05) is 6.07 Å². The average Bonchev–Trinajstić information content (AvgIpc) is 2.35. The van der Waals surface area contributed by atoms with Gasteiger partial charge in [0.2, 0.25) is 0 Å². The molecule has 100 valence electrons. The van der Waals surface area contributed by atoms with Crippen molar-refractivity contribution in [2.75, 3.05) is 24.4 Å². The van der Waals surface area contributed by atoms with Crippen molar-refractivity contribution in [1.29, 1.82) is 0 Å². The van der Waals surface area contributed by atoms with Crippen LogP contribution in [0.5, 0.6) is 0 Å². The van der Waals surface area contributed by atoms with Gasteiger partial charge in [0.15, 0.2) is 0 Å². The molecule has 0 aliphatic rings. The van der Waals surface area contributed by atoms with Crippen LogP contribution in [0.25, 0.3) is 0 Å². The Morgan fingerprint density at radius 3 is 2.89 bits per heavy atom. The van der Waals surface area contributed by atoms with E-state index in [0.29, 0.717) is 5.69 Å². The van der Waals surface area contributed by atoms with E-state index in [4.69, 9.17) is 0 Å². The van der Waals surface area contributed by atoms with E-state index in [-0.39, 0.29) is 17.9 Å². The van der Waals surface area contributed by atoms with Crippen LogP contribution in [0.3, 0.4) is 0 Å². The zero-order valence-electron chi connectivity index (χ0n) is 10.9. The Labute approximate surface area is 112 Å². The van der Waals surface area contributed by atoms with Gasteiger partial charge in [-0.05, 0) is 43.6 Å². The summed E-state index contributed by atoms with van der Waals surface area (Å²) in [6.45, 7) is 2.00. The maximum atomic E-state index is 13.0. The van der Waals surface area contributed by atoms with Crippen LogP contribution in [0.15, 0.2) is 24.3 Å². The molecule has 0 aliphatic heterocycles. The van der Waals surface area contributed by atoms with Crippen LogP contribution >= 0.6 is 11.8 Å². The zero-order chi connectivity index (χ0) is 13.5. The number of carbonyl (C=O) groups is 1. The Morgan fingerprint density at radius 2 is 2.28 bits per heavy atom. The largest absolute Gasteiger partial charge is 0.325 e. The lowest BCUT2D eigenvalue weighted by Crippen LogP contribution is -2.38. The number of nitrogens with one attached hydrogen (secondary N) is 1. The van der Waals surface area contributed by atoms with Gasteiger partial charge < -0.3 is 10.2 Å². The molecule has 1 aromatic carbocycles. The number of thioether (sulfide) groups is 1. The molecule has 18 heavy (non-hydrogen) atoms. The van der Waals surface area contributed by atoms with Crippen molar-refractivity contribution in [1.82, 2.24) is 4.90 Å². The van der Waals surface area contributed by atoms with Crippen molar-refractivity contribution >= 4 is 23.5 Å². The summed E-state index contributed by atoms with van der Waals surface area (Å²) < 4.78 is 13.0. The summed E-state index contributed by atoms with van der Waals surface area (Å²) in [4.78, 5) is 13.6. The van der Waals surface area contributed by atoms with E-state index < -0.39 is 0 Å². The van der Waals surface area contributed by atoms with E-state index in [0.717, 1.165) is 12.2 Å². The van der Waals surface area contributed by atoms with E-state index in [1.54, 1.807) is 35.8 Å². The topological polar surface area (TPSA) is 32.3 Å². The Hall–Kier alpha value is -1.23. The molecule has 0 spiro atoms. The van der Waals surface area contributed by atoms with Crippen molar-refractivity contribution in [3.63, 3.8) is 0 Å². The predicted octanol–water partition coefficient (Wildman–Crippen LogP) is 3.43. The van der Waals surface area contributed by atoms with Gasteiger partial charge in [0.1, 0.15) is 5.82 Å². The Balaban J connectivity index is 2.54. The van der Waals surface area contributed by atoms with Crippen LogP contribution in [-0.2, 0) is 0 Å². The highest BCUT2D eigenvalue weighted by molar-refractivity contribution is 7.98. The first kappa shape index (κ1) is 14.8. The van der Waals surface area contributed by atoms with Gasteiger partial charge in [-0.15, -0.1) is 0 Å². The quantitative estimate of drug-likeness (QED) is 0.889. The molecule has 0 saturated carbocycles. The van der Waals surface area contributed by atoms with E-state index in [9.17, 15) is 9.18 Å². The van der Waals surface area contributed by atoms with Gasteiger partial charge in [-0.25, -0.2) is 9.18 Å². The molecule has 1 atom stereocenters. The molecule has 0 aliphatic carbocycles. The summed E-state index contributed by atoms with van der Waals surface area (Å²) in [5, 5.41) is 2.68. The number of anilines is 1. The molecule has 0 fully saturated rings. The third-order valence-corrected chi connectivity index (χ3v) is 3.44. The number of benzene rings is 1. The van der Waals surface area contributed by atoms with Gasteiger partial charge in [-0.3, -0.25) is 0 Å². The molecular formula is C13H19FN2OS. The van der Waals surface area contributed by atoms with Crippen LogP contribution in [0, 0.1) is 5.82 Å². The average molecular weight is 270 g/mol. The number of hydrogen-bond donors (Lipinski definition) is 1. The third-order valence-electron chi connectivity index (χ3n) is 2.80. The van der Waals surface area contributed by atoms with Gasteiger partial charge >= 0.3 is 6.03 Å². The van der Waals surface area contributed by atoms with Crippen molar-refractivity contribution in [2.45, 2.75) is 19.4 Å². The number of carbonyl (C=O) groups excluding carboxylic acids is 1. The first-order valence-corrected chi connectivity index (χ1v) is 7.22. The van der Waals surface area contributed by atoms with Crippen molar-refractivity contribution in [2.24, 2.45) is 0 Å².